The first-order valence-corrected chi connectivity index (χ1v) is 5.35. The summed E-state index contributed by atoms with van der Waals surface area (Å²) in [5.74, 6) is 1.00. The van der Waals surface area contributed by atoms with Gasteiger partial charge in [0.2, 0.25) is 0 Å². The van der Waals surface area contributed by atoms with E-state index in [-0.39, 0.29) is 0 Å². The highest BCUT2D eigenvalue weighted by Gasteiger charge is 2.00. The molecule has 0 rings (SSSR count). The highest BCUT2D eigenvalue weighted by atomic mass is 14.1. The van der Waals surface area contributed by atoms with E-state index in [9.17, 15) is 0 Å². The summed E-state index contributed by atoms with van der Waals surface area (Å²) < 4.78 is 0. The van der Waals surface area contributed by atoms with Crippen molar-refractivity contribution in [3.63, 3.8) is 0 Å². The van der Waals surface area contributed by atoms with E-state index in [0.29, 0.717) is 0 Å². The van der Waals surface area contributed by atoms with Crippen molar-refractivity contribution in [3.8, 4) is 0 Å². The summed E-state index contributed by atoms with van der Waals surface area (Å²) in [4.78, 5) is 0. The molecule has 0 aliphatic heterocycles. The van der Waals surface area contributed by atoms with Gasteiger partial charge in [0, 0.05) is 0 Å². The lowest BCUT2D eigenvalue weighted by Crippen LogP contribution is -1.95. The molecule has 0 aliphatic carbocycles. The average molecular weight is 158 g/mol. The van der Waals surface area contributed by atoms with Gasteiger partial charge < -0.3 is 0 Å². The smallest absolute Gasteiger partial charge is 0.0420 e. The predicted octanol–water partition coefficient (Wildman–Crippen LogP) is 4.64. The zero-order chi connectivity index (χ0) is 9.11. The van der Waals surface area contributed by atoms with Crippen LogP contribution in [0.3, 0.4) is 0 Å². The van der Waals surface area contributed by atoms with Crippen molar-refractivity contribution in [2.45, 2.75) is 66.7 Å². The highest BCUT2D eigenvalue weighted by Crippen LogP contribution is 2.15. The number of hydrogen-bond donors (Lipinski definition) is 0. The Morgan fingerprint density at radius 2 is 1.36 bits per heavy atom. The molecule has 0 heteroatoms. The molecule has 0 aromatic heterocycles. The van der Waals surface area contributed by atoms with Gasteiger partial charge in [0.1, 0.15) is 0 Å². The normalized spacial score (nSPS) is 9.27. The van der Waals surface area contributed by atoms with Crippen molar-refractivity contribution >= 4 is 0 Å². The first-order valence-electron chi connectivity index (χ1n) is 5.35. The first-order chi connectivity index (χ1) is 5.35. The van der Waals surface area contributed by atoms with Gasteiger partial charge in [-0.1, -0.05) is 66.7 Å². The minimum absolute atomic E-state index is 1.00. The maximum Gasteiger partial charge on any atom is -0.0420 e. The fourth-order valence-electron chi connectivity index (χ4n) is 1.19. The lowest BCUT2D eigenvalue weighted by Gasteiger charge is -2.09. The summed E-state index contributed by atoms with van der Waals surface area (Å²) in [6, 6.07) is 0. The average Bonchev–Trinajstić information content (AvgIpc) is 2.10. The highest BCUT2D eigenvalue weighted by molar-refractivity contribution is 4.53. The third-order valence-electron chi connectivity index (χ3n) is 2.12. The molecule has 11 heavy (non-hydrogen) atoms. The number of unbranched alkanes of at least 4 members (excludes halogenated alkanes) is 1. The van der Waals surface area contributed by atoms with Gasteiger partial charge in [-0.05, 0) is 5.92 Å². The molecule has 70 valence electrons. The second-order valence-electron chi connectivity index (χ2n) is 2.82. The standard InChI is InChI=1S/C9H20.C2H6/c1-4-7-8-9(5-2)6-3;1-2/h9H,4-8H2,1-3H3;1-2H3. The molecule has 0 nitrogen and oxygen atoms in total. The second kappa shape index (κ2) is 12.7. The molecule has 0 radical (unpaired) electrons. The van der Waals surface area contributed by atoms with Crippen LogP contribution in [-0.2, 0) is 0 Å². The number of hydrogen-bond acceptors (Lipinski definition) is 0. The maximum absolute atomic E-state index is 2.30. The van der Waals surface area contributed by atoms with Crippen molar-refractivity contribution in [2.24, 2.45) is 5.92 Å². The molecule has 0 aromatic carbocycles. The Morgan fingerprint density at radius 1 is 0.909 bits per heavy atom. The Labute approximate surface area is 73.4 Å². The van der Waals surface area contributed by atoms with Gasteiger partial charge >= 0.3 is 0 Å². The molecular formula is C11H26. The summed E-state index contributed by atoms with van der Waals surface area (Å²) in [7, 11) is 0. The van der Waals surface area contributed by atoms with Crippen LogP contribution in [0.4, 0.5) is 0 Å². The fraction of sp³-hybridized carbons (Fsp3) is 1.00. The van der Waals surface area contributed by atoms with Crippen LogP contribution in [-0.4, -0.2) is 0 Å². The zero-order valence-corrected chi connectivity index (χ0v) is 9.11. The van der Waals surface area contributed by atoms with Crippen molar-refractivity contribution in [2.75, 3.05) is 0 Å². The van der Waals surface area contributed by atoms with Crippen LogP contribution in [0.5, 0.6) is 0 Å². The molecule has 0 fully saturated rings. The van der Waals surface area contributed by atoms with Gasteiger partial charge in [-0.25, -0.2) is 0 Å². The lowest BCUT2D eigenvalue weighted by molar-refractivity contribution is 0.438. The summed E-state index contributed by atoms with van der Waals surface area (Å²) in [6.07, 6.45) is 6.97. The third-order valence-corrected chi connectivity index (χ3v) is 2.12. The van der Waals surface area contributed by atoms with Gasteiger partial charge in [0.25, 0.3) is 0 Å². The van der Waals surface area contributed by atoms with Crippen LogP contribution < -0.4 is 0 Å². The lowest BCUT2D eigenvalue weighted by atomic mass is 9.97. The Hall–Kier alpha value is 0. The first kappa shape index (κ1) is 13.6. The van der Waals surface area contributed by atoms with E-state index in [1.165, 1.54) is 32.1 Å². The maximum atomic E-state index is 2.30. The van der Waals surface area contributed by atoms with Crippen molar-refractivity contribution < 1.29 is 0 Å². The quantitative estimate of drug-likeness (QED) is 0.547. The van der Waals surface area contributed by atoms with Crippen LogP contribution in [0.25, 0.3) is 0 Å². The largest absolute Gasteiger partial charge is 0.0683 e. The molecule has 0 N–H and O–H groups in total. The van der Waals surface area contributed by atoms with E-state index >= 15 is 0 Å². The SMILES string of the molecule is CC.CCCCC(CC)CC. The van der Waals surface area contributed by atoms with E-state index in [1.54, 1.807) is 0 Å². The van der Waals surface area contributed by atoms with Crippen LogP contribution in [0.1, 0.15) is 66.7 Å². The molecule has 0 aliphatic rings. The summed E-state index contributed by atoms with van der Waals surface area (Å²) in [5.41, 5.74) is 0. The van der Waals surface area contributed by atoms with Gasteiger partial charge in [-0.2, -0.15) is 0 Å². The molecule has 0 saturated carbocycles. The summed E-state index contributed by atoms with van der Waals surface area (Å²) in [6.45, 7) is 10.9. The Morgan fingerprint density at radius 3 is 1.64 bits per heavy atom. The molecule has 0 unspecified atom stereocenters. The second-order valence-corrected chi connectivity index (χ2v) is 2.82. The molecule has 0 aromatic rings. The Balaban J connectivity index is 0. The van der Waals surface area contributed by atoms with Crippen molar-refractivity contribution in [1.29, 1.82) is 0 Å². The zero-order valence-electron chi connectivity index (χ0n) is 9.11. The van der Waals surface area contributed by atoms with Gasteiger partial charge in [-0.15, -0.1) is 0 Å². The minimum atomic E-state index is 1.00. The number of rotatable bonds is 5. The Bertz CT molecular complexity index is 44.0. The van der Waals surface area contributed by atoms with E-state index < -0.39 is 0 Å². The molecular weight excluding hydrogens is 132 g/mol. The van der Waals surface area contributed by atoms with Crippen LogP contribution in [0.2, 0.25) is 0 Å². The van der Waals surface area contributed by atoms with E-state index in [1.807, 2.05) is 13.8 Å². The topological polar surface area (TPSA) is 0 Å². The molecule has 0 saturated heterocycles. The monoisotopic (exact) mass is 158 g/mol. The van der Waals surface area contributed by atoms with Gasteiger partial charge in [-0.3, -0.25) is 0 Å². The van der Waals surface area contributed by atoms with Crippen LogP contribution in [0, 0.1) is 5.92 Å². The molecule has 0 amide bonds. The Kier molecular flexibility index (Phi) is 15.6. The van der Waals surface area contributed by atoms with Crippen molar-refractivity contribution in [3.05, 3.63) is 0 Å². The van der Waals surface area contributed by atoms with E-state index in [4.69, 9.17) is 0 Å². The van der Waals surface area contributed by atoms with Gasteiger partial charge in [0.05, 0.1) is 0 Å². The minimum Gasteiger partial charge on any atom is -0.0683 e. The molecule has 0 spiro atoms. The molecule has 0 bridgehead atoms. The molecule has 0 heterocycles. The summed E-state index contributed by atoms with van der Waals surface area (Å²) in [5, 5.41) is 0. The van der Waals surface area contributed by atoms with Gasteiger partial charge in [0.15, 0.2) is 0 Å². The molecule has 0 atom stereocenters. The third kappa shape index (κ3) is 10.0. The van der Waals surface area contributed by atoms with Crippen LogP contribution in [0.15, 0.2) is 0 Å². The van der Waals surface area contributed by atoms with Crippen molar-refractivity contribution in [1.82, 2.24) is 0 Å². The van der Waals surface area contributed by atoms with E-state index in [0.717, 1.165) is 5.92 Å². The summed E-state index contributed by atoms with van der Waals surface area (Å²) >= 11 is 0. The predicted molar refractivity (Wildman–Crippen MR) is 54.9 cm³/mol. The van der Waals surface area contributed by atoms with Crippen LogP contribution >= 0.6 is 0 Å². The van der Waals surface area contributed by atoms with E-state index in [2.05, 4.69) is 20.8 Å². The fourth-order valence-corrected chi connectivity index (χ4v) is 1.19.